The zero-order valence-electron chi connectivity index (χ0n) is 13.9. The van der Waals surface area contributed by atoms with Crippen molar-refractivity contribution in [3.8, 4) is 17.3 Å². The van der Waals surface area contributed by atoms with Crippen molar-refractivity contribution in [2.75, 3.05) is 11.1 Å². The fraction of sp³-hybridized carbons (Fsp3) is 0.211. The first-order valence-electron chi connectivity index (χ1n) is 8.33. The molecule has 128 valence electrons. The molecule has 0 unspecified atom stereocenters. The number of nitrogens with zero attached hydrogens (tertiary/aromatic N) is 4. The van der Waals surface area contributed by atoms with Gasteiger partial charge in [0.25, 0.3) is 0 Å². The summed E-state index contributed by atoms with van der Waals surface area (Å²) in [6.45, 7) is 0. The summed E-state index contributed by atoms with van der Waals surface area (Å²) in [6, 6.07) is 7.61. The molecule has 0 spiro atoms. The molecular formula is C19H16N6O. The highest BCUT2D eigenvalue weighted by Crippen LogP contribution is 2.31. The summed E-state index contributed by atoms with van der Waals surface area (Å²) in [4.78, 5) is 24.8. The van der Waals surface area contributed by atoms with Crippen molar-refractivity contribution in [1.82, 2.24) is 15.0 Å². The van der Waals surface area contributed by atoms with E-state index in [1.807, 2.05) is 6.07 Å². The van der Waals surface area contributed by atoms with Gasteiger partial charge in [0, 0.05) is 35.5 Å². The summed E-state index contributed by atoms with van der Waals surface area (Å²) in [7, 11) is 0. The lowest BCUT2D eigenvalue weighted by Crippen LogP contribution is -2.14. The molecule has 1 fully saturated rings. The molecule has 0 aliphatic heterocycles. The molecule has 26 heavy (non-hydrogen) atoms. The standard InChI is InChI=1S/C19H16N6O/c20-5-3-11-4-6-22-9-14(11)16-7-13-8-17(25-19(26)12-1-2-12)23-10-15(13)18(21)24-16/h4,6-10,12H,1-3H2,(H2,21,24)(H,23,25,26). The van der Waals surface area contributed by atoms with Crippen molar-refractivity contribution in [3.63, 3.8) is 0 Å². The van der Waals surface area contributed by atoms with Gasteiger partial charge in [-0.1, -0.05) is 0 Å². The third kappa shape index (κ3) is 3.05. The molecule has 3 N–H and O–H groups in total. The van der Waals surface area contributed by atoms with Crippen LogP contribution in [0.1, 0.15) is 18.4 Å². The summed E-state index contributed by atoms with van der Waals surface area (Å²) in [5.74, 6) is 0.948. The number of carbonyl (C=O) groups is 1. The molecule has 1 aliphatic carbocycles. The minimum absolute atomic E-state index is 0.00247. The van der Waals surface area contributed by atoms with Gasteiger partial charge in [-0.3, -0.25) is 9.78 Å². The summed E-state index contributed by atoms with van der Waals surface area (Å²) >= 11 is 0. The molecule has 1 aliphatic rings. The Morgan fingerprint density at radius 2 is 2.19 bits per heavy atom. The minimum atomic E-state index is 0.00247. The number of hydrogen-bond donors (Lipinski definition) is 2. The van der Waals surface area contributed by atoms with Crippen LogP contribution in [0, 0.1) is 17.2 Å². The van der Waals surface area contributed by atoms with Crippen molar-refractivity contribution in [1.29, 1.82) is 5.26 Å². The maximum atomic E-state index is 12.0. The van der Waals surface area contributed by atoms with Gasteiger partial charge in [-0.2, -0.15) is 5.26 Å². The zero-order chi connectivity index (χ0) is 18.1. The van der Waals surface area contributed by atoms with Gasteiger partial charge in [0.05, 0.1) is 18.2 Å². The lowest BCUT2D eigenvalue weighted by Gasteiger charge is -2.10. The summed E-state index contributed by atoms with van der Waals surface area (Å²) in [5.41, 5.74) is 8.35. The summed E-state index contributed by atoms with van der Waals surface area (Å²) in [5, 5.41) is 13.4. The van der Waals surface area contributed by atoms with Gasteiger partial charge >= 0.3 is 0 Å². The average molecular weight is 344 g/mol. The van der Waals surface area contributed by atoms with Crippen molar-refractivity contribution >= 4 is 28.3 Å². The van der Waals surface area contributed by atoms with Gasteiger partial charge in [-0.05, 0) is 42.0 Å². The highest BCUT2D eigenvalue weighted by atomic mass is 16.2. The third-order valence-electron chi connectivity index (χ3n) is 4.40. The molecule has 0 radical (unpaired) electrons. The molecule has 1 saturated carbocycles. The molecule has 0 saturated heterocycles. The van der Waals surface area contributed by atoms with Crippen LogP contribution in [0.15, 0.2) is 36.8 Å². The number of nitriles is 1. The average Bonchev–Trinajstić information content (AvgIpc) is 3.47. The Labute approximate surface area is 149 Å². The second kappa shape index (κ2) is 6.41. The highest BCUT2D eigenvalue weighted by Gasteiger charge is 2.29. The number of anilines is 2. The number of fused-ring (bicyclic) bond motifs is 1. The first-order chi connectivity index (χ1) is 12.7. The zero-order valence-corrected chi connectivity index (χ0v) is 13.9. The maximum absolute atomic E-state index is 12.0. The number of nitrogen functional groups attached to an aromatic ring is 1. The van der Waals surface area contributed by atoms with E-state index < -0.39 is 0 Å². The highest BCUT2D eigenvalue weighted by molar-refractivity contribution is 5.98. The molecule has 3 heterocycles. The number of pyridine rings is 3. The van der Waals surface area contributed by atoms with Crippen LogP contribution in [0.4, 0.5) is 11.6 Å². The van der Waals surface area contributed by atoms with E-state index >= 15 is 0 Å². The van der Waals surface area contributed by atoms with Crippen molar-refractivity contribution in [2.45, 2.75) is 19.3 Å². The number of rotatable bonds is 4. The predicted octanol–water partition coefficient (Wildman–Crippen LogP) is 2.69. The lowest BCUT2D eigenvalue weighted by atomic mass is 10.0. The van der Waals surface area contributed by atoms with Crippen molar-refractivity contribution < 1.29 is 4.79 Å². The Morgan fingerprint density at radius 3 is 2.96 bits per heavy atom. The molecule has 7 heteroatoms. The Morgan fingerprint density at radius 1 is 1.35 bits per heavy atom. The van der Waals surface area contributed by atoms with Crippen LogP contribution in [-0.4, -0.2) is 20.9 Å². The molecule has 0 atom stereocenters. The molecule has 1 amide bonds. The minimum Gasteiger partial charge on any atom is -0.383 e. The van der Waals surface area contributed by atoms with Crippen LogP contribution in [-0.2, 0) is 11.2 Å². The first-order valence-corrected chi connectivity index (χ1v) is 8.33. The number of aromatic nitrogens is 3. The summed E-state index contributed by atoms with van der Waals surface area (Å²) < 4.78 is 0. The number of carbonyl (C=O) groups excluding carboxylic acids is 1. The molecule has 4 rings (SSSR count). The molecule has 0 aromatic carbocycles. The topological polar surface area (TPSA) is 118 Å². The Balaban J connectivity index is 1.77. The summed E-state index contributed by atoms with van der Waals surface area (Å²) in [6.07, 6.45) is 7.07. The fourth-order valence-electron chi connectivity index (χ4n) is 2.85. The fourth-order valence-corrected chi connectivity index (χ4v) is 2.85. The lowest BCUT2D eigenvalue weighted by molar-refractivity contribution is -0.117. The second-order valence-electron chi connectivity index (χ2n) is 6.31. The van der Waals surface area contributed by atoms with Gasteiger partial charge in [0.1, 0.15) is 11.6 Å². The van der Waals surface area contributed by atoms with Crippen LogP contribution in [0.25, 0.3) is 22.0 Å². The van der Waals surface area contributed by atoms with E-state index in [9.17, 15) is 4.79 Å². The van der Waals surface area contributed by atoms with Crippen LogP contribution < -0.4 is 11.1 Å². The largest absolute Gasteiger partial charge is 0.383 e. The number of nitrogens with one attached hydrogen (secondary N) is 1. The quantitative estimate of drug-likeness (QED) is 0.751. The van der Waals surface area contributed by atoms with Crippen molar-refractivity contribution in [2.24, 2.45) is 5.92 Å². The van der Waals surface area contributed by atoms with Crippen LogP contribution in [0.3, 0.4) is 0 Å². The monoisotopic (exact) mass is 344 g/mol. The predicted molar refractivity (Wildman–Crippen MR) is 97.9 cm³/mol. The molecular weight excluding hydrogens is 328 g/mol. The number of amides is 1. The second-order valence-corrected chi connectivity index (χ2v) is 6.31. The molecule has 7 nitrogen and oxygen atoms in total. The Kier molecular flexibility index (Phi) is 3.93. The third-order valence-corrected chi connectivity index (χ3v) is 4.40. The van der Waals surface area contributed by atoms with Gasteiger partial charge < -0.3 is 11.1 Å². The van der Waals surface area contributed by atoms with E-state index in [4.69, 9.17) is 11.0 Å². The van der Waals surface area contributed by atoms with Crippen LogP contribution in [0.2, 0.25) is 0 Å². The smallest absolute Gasteiger partial charge is 0.228 e. The number of nitrogens with two attached hydrogens (primary N) is 1. The van der Waals surface area contributed by atoms with E-state index in [0.717, 1.165) is 29.4 Å². The van der Waals surface area contributed by atoms with Gasteiger partial charge in [-0.25, -0.2) is 9.97 Å². The van der Waals surface area contributed by atoms with Crippen molar-refractivity contribution in [3.05, 3.63) is 42.4 Å². The molecule has 0 bridgehead atoms. The van der Waals surface area contributed by atoms with Gasteiger partial charge in [0.15, 0.2) is 0 Å². The Hall–Kier alpha value is -3.53. The van der Waals surface area contributed by atoms with Gasteiger partial charge in [-0.15, -0.1) is 0 Å². The molecule has 3 aromatic rings. The number of hydrogen-bond acceptors (Lipinski definition) is 6. The first kappa shape index (κ1) is 16.0. The Bertz CT molecular complexity index is 1050. The van der Waals surface area contributed by atoms with Crippen LogP contribution in [0.5, 0.6) is 0 Å². The SMILES string of the molecule is N#CCc1ccncc1-c1cc2cc(NC(=O)C3CC3)ncc2c(N)n1. The van der Waals surface area contributed by atoms with Gasteiger partial charge in [0.2, 0.25) is 5.91 Å². The maximum Gasteiger partial charge on any atom is 0.228 e. The molecule has 3 aromatic heterocycles. The van der Waals surface area contributed by atoms with E-state index in [1.165, 1.54) is 0 Å². The van der Waals surface area contributed by atoms with E-state index in [0.29, 0.717) is 22.7 Å². The van der Waals surface area contributed by atoms with E-state index in [2.05, 4.69) is 26.3 Å². The normalized spacial score (nSPS) is 13.3. The van der Waals surface area contributed by atoms with E-state index in [-0.39, 0.29) is 18.2 Å². The van der Waals surface area contributed by atoms with Crippen LogP contribution >= 0.6 is 0 Å². The van der Waals surface area contributed by atoms with E-state index in [1.54, 1.807) is 30.7 Å².